The van der Waals surface area contributed by atoms with Crippen LogP contribution >= 0.6 is 0 Å². The Morgan fingerprint density at radius 3 is 2.40 bits per heavy atom. The fourth-order valence-corrected chi connectivity index (χ4v) is 2.91. The first-order chi connectivity index (χ1) is 12.1. The van der Waals surface area contributed by atoms with Gasteiger partial charge in [0.05, 0.1) is 5.56 Å². The molecule has 1 amide bonds. The number of likely N-dealkylation sites (tertiary alicyclic amines) is 1. The van der Waals surface area contributed by atoms with Gasteiger partial charge in [0.1, 0.15) is 5.69 Å². The second kappa shape index (κ2) is 7.90. The average molecular weight is 339 g/mol. The fraction of sp³-hybridized carbons (Fsp3) is 0.316. The minimum absolute atomic E-state index is 0.0843. The zero-order valence-electron chi connectivity index (χ0n) is 13.9. The first-order valence-electron chi connectivity index (χ1n) is 8.44. The highest BCUT2D eigenvalue weighted by Crippen LogP contribution is 2.14. The Kier molecular flexibility index (Phi) is 5.40. The van der Waals surface area contributed by atoms with Crippen molar-refractivity contribution in [3.05, 3.63) is 59.4 Å². The third-order valence-electron chi connectivity index (χ3n) is 4.37. The van der Waals surface area contributed by atoms with Gasteiger partial charge in [-0.05, 0) is 62.2 Å². The van der Waals surface area contributed by atoms with Gasteiger partial charge in [-0.1, -0.05) is 12.1 Å². The van der Waals surface area contributed by atoms with Crippen molar-refractivity contribution in [3.8, 4) is 0 Å². The molecule has 130 valence electrons. The molecule has 1 aromatic carbocycles. The van der Waals surface area contributed by atoms with Crippen LogP contribution in [0.5, 0.6) is 0 Å². The van der Waals surface area contributed by atoms with E-state index >= 15 is 0 Å². The molecule has 0 bridgehead atoms. The van der Waals surface area contributed by atoms with Crippen LogP contribution in [0.25, 0.3) is 0 Å². The van der Waals surface area contributed by atoms with Gasteiger partial charge in [0.25, 0.3) is 5.91 Å². The summed E-state index contributed by atoms with van der Waals surface area (Å²) in [7, 11) is 0. The molecule has 6 nitrogen and oxygen atoms in total. The molecule has 0 saturated carbocycles. The molecule has 1 fully saturated rings. The lowest BCUT2D eigenvalue weighted by Gasteiger charge is -2.14. The normalized spacial score (nSPS) is 14.4. The topological polar surface area (TPSA) is 82.5 Å². The Balaban J connectivity index is 1.54. The molecule has 1 aliphatic rings. The molecule has 6 heteroatoms. The monoisotopic (exact) mass is 339 g/mol. The molecular weight excluding hydrogens is 318 g/mol. The van der Waals surface area contributed by atoms with E-state index in [1.54, 1.807) is 0 Å². The van der Waals surface area contributed by atoms with Crippen LogP contribution in [-0.4, -0.2) is 46.5 Å². The number of carbonyl (C=O) groups excluding carboxylic acids is 1. The molecule has 2 aromatic rings. The summed E-state index contributed by atoms with van der Waals surface area (Å²) >= 11 is 0. The van der Waals surface area contributed by atoms with Gasteiger partial charge >= 0.3 is 5.97 Å². The highest BCUT2D eigenvalue weighted by atomic mass is 16.4. The van der Waals surface area contributed by atoms with E-state index in [2.05, 4.69) is 15.2 Å². The van der Waals surface area contributed by atoms with Crippen molar-refractivity contribution in [2.45, 2.75) is 19.3 Å². The number of aromatic carboxylic acids is 1. The first kappa shape index (κ1) is 17.1. The van der Waals surface area contributed by atoms with E-state index < -0.39 is 5.97 Å². The Bertz CT molecular complexity index is 736. The summed E-state index contributed by atoms with van der Waals surface area (Å²) in [6, 6.07) is 10.6. The molecule has 0 unspecified atom stereocenters. The predicted octanol–water partition coefficient (Wildman–Crippen LogP) is 2.67. The van der Waals surface area contributed by atoms with Gasteiger partial charge in [-0.25, -0.2) is 9.78 Å². The van der Waals surface area contributed by atoms with Crippen LogP contribution in [-0.2, 0) is 6.42 Å². The number of nitrogens with one attached hydrogen (secondary N) is 1. The SMILES string of the molecule is O=C(Nc1ccc(CCN2CCCC2)cc1)c1ccc(C(=O)O)nc1. The lowest BCUT2D eigenvalue weighted by molar-refractivity contribution is 0.0690. The van der Waals surface area contributed by atoms with Gasteiger partial charge in [0.15, 0.2) is 0 Å². The van der Waals surface area contributed by atoms with Crippen LogP contribution in [0, 0.1) is 0 Å². The van der Waals surface area contributed by atoms with Crippen LogP contribution in [0.4, 0.5) is 5.69 Å². The molecule has 2 heterocycles. The van der Waals surface area contributed by atoms with Crippen molar-refractivity contribution in [2.75, 3.05) is 25.0 Å². The Hall–Kier alpha value is -2.73. The zero-order valence-corrected chi connectivity index (χ0v) is 13.9. The summed E-state index contributed by atoms with van der Waals surface area (Å²) < 4.78 is 0. The summed E-state index contributed by atoms with van der Waals surface area (Å²) in [4.78, 5) is 29.2. The number of carboxylic acids is 1. The van der Waals surface area contributed by atoms with Crippen molar-refractivity contribution in [3.63, 3.8) is 0 Å². The smallest absolute Gasteiger partial charge is 0.354 e. The molecule has 0 spiro atoms. The highest BCUT2D eigenvalue weighted by Gasteiger charge is 2.11. The molecule has 3 rings (SSSR count). The Labute approximate surface area is 146 Å². The molecule has 0 atom stereocenters. The number of pyridine rings is 1. The number of aromatic nitrogens is 1. The van der Waals surface area contributed by atoms with Crippen molar-refractivity contribution >= 4 is 17.6 Å². The minimum atomic E-state index is -1.11. The summed E-state index contributed by atoms with van der Waals surface area (Å²) in [6.45, 7) is 3.47. The Morgan fingerprint density at radius 1 is 1.08 bits per heavy atom. The van der Waals surface area contributed by atoms with E-state index in [1.807, 2.05) is 24.3 Å². The van der Waals surface area contributed by atoms with Crippen LogP contribution in [0.3, 0.4) is 0 Å². The van der Waals surface area contributed by atoms with E-state index in [1.165, 1.54) is 49.8 Å². The number of amides is 1. The largest absolute Gasteiger partial charge is 0.477 e. The van der Waals surface area contributed by atoms with Gasteiger partial charge in [0.2, 0.25) is 0 Å². The van der Waals surface area contributed by atoms with Gasteiger partial charge in [0, 0.05) is 18.4 Å². The van der Waals surface area contributed by atoms with E-state index in [0.29, 0.717) is 11.3 Å². The summed E-state index contributed by atoms with van der Waals surface area (Å²) in [5, 5.41) is 11.6. The second-order valence-corrected chi connectivity index (χ2v) is 6.19. The first-order valence-corrected chi connectivity index (χ1v) is 8.44. The van der Waals surface area contributed by atoms with Crippen LogP contribution in [0.15, 0.2) is 42.6 Å². The third-order valence-corrected chi connectivity index (χ3v) is 4.37. The number of hydrogen-bond acceptors (Lipinski definition) is 4. The number of anilines is 1. The maximum absolute atomic E-state index is 12.2. The molecule has 1 aliphatic heterocycles. The van der Waals surface area contributed by atoms with E-state index in [9.17, 15) is 9.59 Å². The summed E-state index contributed by atoms with van der Waals surface area (Å²) in [5.41, 5.74) is 2.19. The Morgan fingerprint density at radius 2 is 1.80 bits per heavy atom. The van der Waals surface area contributed by atoms with Gasteiger partial charge in [-0.15, -0.1) is 0 Å². The van der Waals surface area contributed by atoms with E-state index in [-0.39, 0.29) is 11.6 Å². The molecule has 2 N–H and O–H groups in total. The molecule has 25 heavy (non-hydrogen) atoms. The van der Waals surface area contributed by atoms with Crippen molar-refractivity contribution < 1.29 is 14.7 Å². The second-order valence-electron chi connectivity index (χ2n) is 6.19. The maximum atomic E-state index is 12.2. The van der Waals surface area contributed by atoms with Crippen LogP contribution in [0.1, 0.15) is 39.3 Å². The molecule has 0 aliphatic carbocycles. The van der Waals surface area contributed by atoms with Crippen molar-refractivity contribution in [1.29, 1.82) is 0 Å². The number of rotatable bonds is 6. The standard InChI is InChI=1S/C19H21N3O3/c23-18(15-5-8-17(19(24)25)20-13-15)21-16-6-3-14(4-7-16)9-12-22-10-1-2-11-22/h3-8,13H,1-2,9-12H2,(H,21,23)(H,24,25). The summed E-state index contributed by atoms with van der Waals surface area (Å²) in [6.07, 6.45) is 4.87. The van der Waals surface area contributed by atoms with Gasteiger partial charge in [-0.3, -0.25) is 4.79 Å². The van der Waals surface area contributed by atoms with Crippen molar-refractivity contribution in [2.24, 2.45) is 0 Å². The molecule has 0 radical (unpaired) electrons. The quantitative estimate of drug-likeness (QED) is 0.845. The molecule has 1 aromatic heterocycles. The number of nitrogens with zero attached hydrogens (tertiary/aromatic N) is 2. The fourth-order valence-electron chi connectivity index (χ4n) is 2.91. The van der Waals surface area contributed by atoms with Crippen molar-refractivity contribution in [1.82, 2.24) is 9.88 Å². The zero-order chi connectivity index (χ0) is 17.6. The maximum Gasteiger partial charge on any atom is 0.354 e. The number of hydrogen-bond donors (Lipinski definition) is 2. The van der Waals surface area contributed by atoms with E-state index in [0.717, 1.165) is 13.0 Å². The summed E-state index contributed by atoms with van der Waals surface area (Å²) in [5.74, 6) is -1.43. The number of carboxylic acid groups (broad SMARTS) is 1. The van der Waals surface area contributed by atoms with E-state index in [4.69, 9.17) is 5.11 Å². The molecular formula is C19H21N3O3. The minimum Gasteiger partial charge on any atom is -0.477 e. The molecule has 1 saturated heterocycles. The number of benzene rings is 1. The average Bonchev–Trinajstić information content (AvgIpc) is 3.15. The highest BCUT2D eigenvalue weighted by molar-refractivity contribution is 6.04. The van der Waals surface area contributed by atoms with Gasteiger partial charge < -0.3 is 15.3 Å². The third kappa shape index (κ3) is 4.64. The lowest BCUT2D eigenvalue weighted by Crippen LogP contribution is -2.21. The lowest BCUT2D eigenvalue weighted by atomic mass is 10.1. The van der Waals surface area contributed by atoms with Crippen LogP contribution in [0.2, 0.25) is 0 Å². The van der Waals surface area contributed by atoms with Crippen LogP contribution < -0.4 is 5.32 Å². The van der Waals surface area contributed by atoms with Gasteiger partial charge in [-0.2, -0.15) is 0 Å². The predicted molar refractivity (Wildman–Crippen MR) is 95.0 cm³/mol. The number of carbonyl (C=O) groups is 2.